The highest BCUT2D eigenvalue weighted by atomic mass is 19.4. The fourth-order valence-electron chi connectivity index (χ4n) is 3.47. The van der Waals surface area contributed by atoms with Crippen LogP contribution >= 0.6 is 0 Å². The summed E-state index contributed by atoms with van der Waals surface area (Å²) < 4.78 is 47.6. The molecule has 5 rings (SSSR count). The minimum atomic E-state index is -4.55. The van der Waals surface area contributed by atoms with E-state index in [1.54, 1.807) is 12.3 Å². The van der Waals surface area contributed by atoms with E-state index in [9.17, 15) is 13.2 Å². The van der Waals surface area contributed by atoms with Gasteiger partial charge in [-0.15, -0.1) is 0 Å². The van der Waals surface area contributed by atoms with Crippen LogP contribution in [0.15, 0.2) is 43.1 Å². The third-order valence-electron chi connectivity index (χ3n) is 5.04. The second-order valence-electron chi connectivity index (χ2n) is 6.97. The molecule has 0 unspecified atom stereocenters. The van der Waals surface area contributed by atoms with Gasteiger partial charge >= 0.3 is 6.18 Å². The predicted molar refractivity (Wildman–Crippen MR) is 99.3 cm³/mol. The van der Waals surface area contributed by atoms with Crippen molar-refractivity contribution in [1.82, 2.24) is 34.3 Å². The molecular weight excluding hydrogens is 399 g/mol. The van der Waals surface area contributed by atoms with Gasteiger partial charge in [0.25, 0.3) is 0 Å². The average Bonchev–Trinajstić information content (AvgIpc) is 3.41. The topological polar surface area (TPSA) is 83.0 Å². The van der Waals surface area contributed by atoms with Gasteiger partial charge in [0.05, 0.1) is 29.8 Å². The molecule has 8 nitrogen and oxygen atoms in total. The van der Waals surface area contributed by atoms with Crippen molar-refractivity contribution < 1.29 is 17.9 Å². The Kier molecular flexibility index (Phi) is 4.46. The largest absolute Gasteiger partial charge is 0.435 e. The molecule has 0 bridgehead atoms. The number of alkyl halides is 3. The van der Waals surface area contributed by atoms with Gasteiger partial charge in [0.15, 0.2) is 11.3 Å². The SMILES string of the molecule is FC(F)(F)c1ccc2ncc(-c3cc(-c4cnn(C5CCOCC5)c4)ncn3)n2n1. The van der Waals surface area contributed by atoms with Crippen LogP contribution in [0.2, 0.25) is 0 Å². The minimum Gasteiger partial charge on any atom is -0.381 e. The van der Waals surface area contributed by atoms with Crippen LogP contribution in [-0.4, -0.2) is 47.6 Å². The molecular formula is C19H16F3N7O. The van der Waals surface area contributed by atoms with Crippen LogP contribution < -0.4 is 0 Å². The zero-order valence-corrected chi connectivity index (χ0v) is 15.6. The Morgan fingerprint density at radius 1 is 1.00 bits per heavy atom. The second kappa shape index (κ2) is 7.17. The van der Waals surface area contributed by atoms with Crippen LogP contribution in [0, 0.1) is 0 Å². The van der Waals surface area contributed by atoms with Gasteiger partial charge in [-0.1, -0.05) is 0 Å². The zero-order valence-electron chi connectivity index (χ0n) is 15.6. The first-order valence-corrected chi connectivity index (χ1v) is 9.36. The molecule has 4 aromatic heterocycles. The highest BCUT2D eigenvalue weighted by Gasteiger charge is 2.33. The molecule has 1 aliphatic heterocycles. The predicted octanol–water partition coefficient (Wildman–Crippen LogP) is 3.42. The summed E-state index contributed by atoms with van der Waals surface area (Å²) in [4.78, 5) is 12.6. The molecule has 11 heteroatoms. The molecule has 1 fully saturated rings. The van der Waals surface area contributed by atoms with E-state index >= 15 is 0 Å². The lowest BCUT2D eigenvalue weighted by Gasteiger charge is -2.22. The maximum absolute atomic E-state index is 13.1. The van der Waals surface area contributed by atoms with Crippen LogP contribution in [-0.2, 0) is 10.9 Å². The minimum absolute atomic E-state index is 0.276. The number of hydrogen-bond acceptors (Lipinski definition) is 6. The molecule has 0 spiro atoms. The van der Waals surface area contributed by atoms with E-state index in [1.807, 2.05) is 10.9 Å². The molecule has 0 radical (unpaired) electrons. The van der Waals surface area contributed by atoms with Crippen molar-refractivity contribution in [3.63, 3.8) is 0 Å². The summed E-state index contributed by atoms with van der Waals surface area (Å²) in [7, 11) is 0. The van der Waals surface area contributed by atoms with Gasteiger partial charge in [0.2, 0.25) is 0 Å². The molecule has 0 aliphatic carbocycles. The van der Waals surface area contributed by atoms with E-state index in [2.05, 4.69) is 25.1 Å². The fraction of sp³-hybridized carbons (Fsp3) is 0.316. The van der Waals surface area contributed by atoms with E-state index in [-0.39, 0.29) is 6.04 Å². The highest BCUT2D eigenvalue weighted by Crippen LogP contribution is 2.29. The number of ether oxygens (including phenoxy) is 1. The molecule has 1 saturated heterocycles. The molecule has 5 heterocycles. The van der Waals surface area contributed by atoms with E-state index in [1.165, 1.54) is 18.6 Å². The normalized spacial score (nSPS) is 15.7. The summed E-state index contributed by atoms with van der Waals surface area (Å²) in [6.45, 7) is 1.41. The highest BCUT2D eigenvalue weighted by molar-refractivity contribution is 5.66. The smallest absolute Gasteiger partial charge is 0.381 e. The van der Waals surface area contributed by atoms with E-state index < -0.39 is 11.9 Å². The third-order valence-corrected chi connectivity index (χ3v) is 5.04. The first kappa shape index (κ1) is 18.7. The summed E-state index contributed by atoms with van der Waals surface area (Å²) in [6, 6.07) is 4.15. The maximum Gasteiger partial charge on any atom is 0.435 e. The molecule has 4 aromatic rings. The van der Waals surface area contributed by atoms with Crippen molar-refractivity contribution in [2.75, 3.05) is 13.2 Å². The number of imidazole rings is 1. The van der Waals surface area contributed by atoms with Crippen LogP contribution in [0.3, 0.4) is 0 Å². The maximum atomic E-state index is 13.1. The van der Waals surface area contributed by atoms with Gasteiger partial charge in [0, 0.05) is 25.0 Å². The van der Waals surface area contributed by atoms with E-state index in [0.29, 0.717) is 35.9 Å². The van der Waals surface area contributed by atoms with E-state index in [0.717, 1.165) is 29.0 Å². The monoisotopic (exact) mass is 415 g/mol. The third kappa shape index (κ3) is 3.41. The van der Waals surface area contributed by atoms with Crippen LogP contribution in [0.5, 0.6) is 0 Å². The number of aromatic nitrogens is 7. The van der Waals surface area contributed by atoms with Crippen LogP contribution in [0.4, 0.5) is 13.2 Å². The summed E-state index contributed by atoms with van der Waals surface area (Å²) in [5.41, 5.74) is 1.46. The van der Waals surface area contributed by atoms with Crippen LogP contribution in [0.25, 0.3) is 28.3 Å². The molecule has 0 N–H and O–H groups in total. The van der Waals surface area contributed by atoms with Crippen molar-refractivity contribution in [2.45, 2.75) is 25.1 Å². The number of rotatable bonds is 3. The van der Waals surface area contributed by atoms with Crippen molar-refractivity contribution >= 4 is 5.65 Å². The summed E-state index contributed by atoms with van der Waals surface area (Å²) in [5, 5.41) is 8.13. The van der Waals surface area contributed by atoms with Crippen LogP contribution in [0.1, 0.15) is 24.6 Å². The lowest BCUT2D eigenvalue weighted by atomic mass is 10.1. The number of halogens is 3. The van der Waals surface area contributed by atoms with Crippen molar-refractivity contribution in [3.05, 3.63) is 48.8 Å². The molecule has 0 saturated carbocycles. The van der Waals surface area contributed by atoms with Crippen molar-refractivity contribution in [3.8, 4) is 22.6 Å². The molecule has 0 amide bonds. The van der Waals surface area contributed by atoms with Gasteiger partial charge in [-0.25, -0.2) is 19.5 Å². The number of hydrogen-bond donors (Lipinski definition) is 0. The Morgan fingerprint density at radius 3 is 2.60 bits per heavy atom. The lowest BCUT2D eigenvalue weighted by Crippen LogP contribution is -2.19. The first-order valence-electron chi connectivity index (χ1n) is 9.36. The molecule has 154 valence electrons. The fourth-order valence-corrected chi connectivity index (χ4v) is 3.47. The van der Waals surface area contributed by atoms with Gasteiger partial charge in [-0.05, 0) is 31.0 Å². The Labute approximate surface area is 168 Å². The molecule has 0 atom stereocenters. The standard InChI is InChI=1S/C19H16F3N7O/c20-19(21,22)17-1-2-18-23-9-16(29(18)27-17)15-7-14(24-11-25-15)12-8-26-28(10-12)13-3-5-30-6-4-13/h1-2,7-11,13H,3-6H2. The molecule has 30 heavy (non-hydrogen) atoms. The summed E-state index contributed by atoms with van der Waals surface area (Å²) >= 11 is 0. The summed E-state index contributed by atoms with van der Waals surface area (Å²) in [6.07, 6.45) is 3.68. The van der Waals surface area contributed by atoms with Gasteiger partial charge in [-0.3, -0.25) is 4.68 Å². The second-order valence-corrected chi connectivity index (χ2v) is 6.97. The van der Waals surface area contributed by atoms with Crippen molar-refractivity contribution in [2.24, 2.45) is 0 Å². The van der Waals surface area contributed by atoms with Gasteiger partial charge in [-0.2, -0.15) is 23.4 Å². The Morgan fingerprint density at radius 2 is 1.80 bits per heavy atom. The number of nitrogens with zero attached hydrogens (tertiary/aromatic N) is 7. The Hall–Kier alpha value is -3.34. The quantitative estimate of drug-likeness (QED) is 0.510. The number of fused-ring (bicyclic) bond motifs is 1. The van der Waals surface area contributed by atoms with E-state index in [4.69, 9.17) is 4.74 Å². The van der Waals surface area contributed by atoms with Gasteiger partial charge in [0.1, 0.15) is 12.0 Å². The Balaban J connectivity index is 1.50. The molecule has 1 aliphatic rings. The van der Waals surface area contributed by atoms with Crippen molar-refractivity contribution in [1.29, 1.82) is 0 Å². The molecule has 0 aromatic carbocycles. The first-order chi connectivity index (χ1) is 14.5. The zero-order chi connectivity index (χ0) is 20.7. The average molecular weight is 415 g/mol. The Bertz CT molecular complexity index is 1190. The summed E-state index contributed by atoms with van der Waals surface area (Å²) in [5.74, 6) is 0. The van der Waals surface area contributed by atoms with Gasteiger partial charge < -0.3 is 4.74 Å². The lowest BCUT2D eigenvalue weighted by molar-refractivity contribution is -0.141.